The number of nitrogens with one attached hydrogen (secondary N) is 1. The van der Waals surface area contributed by atoms with Gasteiger partial charge in [0.15, 0.2) is 0 Å². The number of hydrogen-bond acceptors (Lipinski definition) is 2. The molecule has 0 radical (unpaired) electrons. The number of halogens is 2. The van der Waals surface area contributed by atoms with Crippen LogP contribution in [0.2, 0.25) is 10.0 Å². The van der Waals surface area contributed by atoms with Gasteiger partial charge in [-0.1, -0.05) is 35.8 Å². The molecule has 0 unspecified atom stereocenters. The third kappa shape index (κ3) is 4.77. The Balaban J connectivity index is 2.36. The molecule has 0 aliphatic heterocycles. The molecular formula is C12H13Cl2NO2. The van der Waals surface area contributed by atoms with Crippen LogP contribution in [-0.2, 0) is 11.2 Å². The third-order valence-corrected chi connectivity index (χ3v) is 2.81. The number of benzene rings is 1. The molecule has 0 amide bonds. The van der Waals surface area contributed by atoms with Crippen LogP contribution in [0, 0.1) is 0 Å². The third-order valence-electron chi connectivity index (χ3n) is 2.23. The van der Waals surface area contributed by atoms with Crippen LogP contribution in [0.3, 0.4) is 0 Å². The van der Waals surface area contributed by atoms with Gasteiger partial charge in [-0.3, -0.25) is 0 Å². The summed E-state index contributed by atoms with van der Waals surface area (Å²) in [6, 6.07) is 5.33. The molecule has 0 bridgehead atoms. The van der Waals surface area contributed by atoms with E-state index in [2.05, 4.69) is 11.9 Å². The number of carbonyl (C=O) groups is 1. The maximum Gasteiger partial charge on any atom is 0.332 e. The van der Waals surface area contributed by atoms with Crippen LogP contribution < -0.4 is 5.32 Å². The predicted molar refractivity (Wildman–Crippen MR) is 69.8 cm³/mol. The number of hydrogen-bond donors (Lipinski definition) is 2. The monoisotopic (exact) mass is 273 g/mol. The van der Waals surface area contributed by atoms with Gasteiger partial charge in [0.05, 0.1) is 0 Å². The molecule has 0 saturated heterocycles. The first kappa shape index (κ1) is 14.0. The standard InChI is InChI=1S/C12H13Cl2NO2/c1-8(12(16)17)7-15-5-4-9-2-3-10(13)6-11(9)14/h2-3,6,15H,1,4-5,7H2,(H,16,17). The average Bonchev–Trinajstić information content (AvgIpc) is 2.26. The molecule has 0 spiro atoms. The molecule has 92 valence electrons. The van der Waals surface area contributed by atoms with Crippen molar-refractivity contribution in [2.24, 2.45) is 0 Å². The smallest absolute Gasteiger partial charge is 0.332 e. The van der Waals surface area contributed by atoms with E-state index >= 15 is 0 Å². The molecule has 1 rings (SSSR count). The molecule has 2 N–H and O–H groups in total. The SMILES string of the molecule is C=C(CNCCc1ccc(Cl)cc1Cl)C(=O)O. The summed E-state index contributed by atoms with van der Waals surface area (Å²) in [5, 5.41) is 12.8. The molecule has 5 heteroatoms. The van der Waals surface area contributed by atoms with E-state index in [1.807, 2.05) is 6.07 Å². The van der Waals surface area contributed by atoms with Gasteiger partial charge in [0.1, 0.15) is 0 Å². The molecule has 0 aliphatic carbocycles. The lowest BCUT2D eigenvalue weighted by atomic mass is 10.1. The molecule has 3 nitrogen and oxygen atoms in total. The molecule has 0 saturated carbocycles. The normalized spacial score (nSPS) is 10.2. The van der Waals surface area contributed by atoms with Gasteiger partial charge in [0.2, 0.25) is 0 Å². The van der Waals surface area contributed by atoms with Crippen molar-refractivity contribution in [3.8, 4) is 0 Å². The molecule has 1 aromatic carbocycles. The van der Waals surface area contributed by atoms with Crippen molar-refractivity contribution >= 4 is 29.2 Å². The minimum atomic E-state index is -0.984. The number of rotatable bonds is 6. The Morgan fingerprint density at radius 2 is 2.12 bits per heavy atom. The largest absolute Gasteiger partial charge is 0.478 e. The zero-order valence-electron chi connectivity index (χ0n) is 9.17. The van der Waals surface area contributed by atoms with E-state index in [9.17, 15) is 4.79 Å². The van der Waals surface area contributed by atoms with Gasteiger partial charge in [-0.15, -0.1) is 0 Å². The average molecular weight is 274 g/mol. The van der Waals surface area contributed by atoms with Crippen molar-refractivity contribution < 1.29 is 9.90 Å². The summed E-state index contributed by atoms with van der Waals surface area (Å²) < 4.78 is 0. The Morgan fingerprint density at radius 3 is 2.71 bits per heavy atom. The van der Waals surface area contributed by atoms with Crippen LogP contribution in [0.25, 0.3) is 0 Å². The predicted octanol–water partition coefficient (Wildman–Crippen LogP) is 2.77. The first-order chi connectivity index (χ1) is 8.00. The lowest BCUT2D eigenvalue weighted by Gasteiger charge is -2.06. The summed E-state index contributed by atoms with van der Waals surface area (Å²) >= 11 is 11.8. The Kier molecular flexibility index (Phi) is 5.48. The van der Waals surface area contributed by atoms with Gasteiger partial charge in [0.25, 0.3) is 0 Å². The Bertz CT molecular complexity index is 433. The van der Waals surface area contributed by atoms with Gasteiger partial charge >= 0.3 is 5.97 Å². The zero-order chi connectivity index (χ0) is 12.8. The van der Waals surface area contributed by atoms with E-state index < -0.39 is 5.97 Å². The van der Waals surface area contributed by atoms with E-state index in [1.54, 1.807) is 12.1 Å². The molecular weight excluding hydrogens is 261 g/mol. The Labute approximate surface area is 110 Å². The highest BCUT2D eigenvalue weighted by Gasteiger charge is 2.04. The number of carboxylic acids is 1. The van der Waals surface area contributed by atoms with Crippen LogP contribution in [-0.4, -0.2) is 24.2 Å². The fourth-order valence-electron chi connectivity index (χ4n) is 1.26. The van der Waals surface area contributed by atoms with Crippen LogP contribution in [0.4, 0.5) is 0 Å². The number of aliphatic carboxylic acids is 1. The number of carboxylic acid groups (broad SMARTS) is 1. The summed E-state index contributed by atoms with van der Waals surface area (Å²) in [5.41, 5.74) is 1.12. The van der Waals surface area contributed by atoms with E-state index in [4.69, 9.17) is 28.3 Å². The van der Waals surface area contributed by atoms with Gasteiger partial charge in [-0.05, 0) is 30.7 Å². The fraction of sp³-hybridized carbons (Fsp3) is 0.250. The molecule has 0 fully saturated rings. The van der Waals surface area contributed by atoms with Crippen molar-refractivity contribution in [1.29, 1.82) is 0 Å². The van der Waals surface area contributed by atoms with Crippen molar-refractivity contribution in [3.05, 3.63) is 46.0 Å². The zero-order valence-corrected chi connectivity index (χ0v) is 10.7. The molecule has 0 heterocycles. The van der Waals surface area contributed by atoms with E-state index in [-0.39, 0.29) is 12.1 Å². The minimum absolute atomic E-state index is 0.146. The van der Waals surface area contributed by atoms with Crippen molar-refractivity contribution in [1.82, 2.24) is 5.32 Å². The molecule has 0 atom stereocenters. The van der Waals surface area contributed by atoms with Crippen molar-refractivity contribution in [2.75, 3.05) is 13.1 Å². The molecule has 17 heavy (non-hydrogen) atoms. The Hall–Kier alpha value is -1.03. The van der Waals surface area contributed by atoms with Crippen LogP contribution in [0.1, 0.15) is 5.56 Å². The van der Waals surface area contributed by atoms with Crippen LogP contribution >= 0.6 is 23.2 Å². The molecule has 0 aliphatic rings. The minimum Gasteiger partial charge on any atom is -0.478 e. The van der Waals surface area contributed by atoms with Crippen molar-refractivity contribution in [3.63, 3.8) is 0 Å². The summed E-state index contributed by atoms with van der Waals surface area (Å²) in [5.74, 6) is -0.984. The summed E-state index contributed by atoms with van der Waals surface area (Å²) in [6.45, 7) is 4.32. The molecule has 1 aromatic rings. The van der Waals surface area contributed by atoms with Gasteiger partial charge < -0.3 is 10.4 Å². The maximum atomic E-state index is 10.5. The molecule has 0 aromatic heterocycles. The van der Waals surface area contributed by atoms with E-state index in [0.717, 1.165) is 5.56 Å². The summed E-state index contributed by atoms with van der Waals surface area (Å²) in [7, 11) is 0. The maximum absolute atomic E-state index is 10.5. The van der Waals surface area contributed by atoms with Gasteiger partial charge in [0, 0.05) is 22.2 Å². The van der Waals surface area contributed by atoms with Crippen LogP contribution in [0.5, 0.6) is 0 Å². The van der Waals surface area contributed by atoms with Gasteiger partial charge in [-0.25, -0.2) is 4.79 Å². The van der Waals surface area contributed by atoms with E-state index in [0.29, 0.717) is 23.0 Å². The first-order valence-electron chi connectivity index (χ1n) is 5.06. The topological polar surface area (TPSA) is 49.3 Å². The summed E-state index contributed by atoms with van der Waals surface area (Å²) in [6.07, 6.45) is 0.711. The fourth-order valence-corrected chi connectivity index (χ4v) is 1.77. The quantitative estimate of drug-likeness (QED) is 0.619. The lowest BCUT2D eigenvalue weighted by Crippen LogP contribution is -2.22. The van der Waals surface area contributed by atoms with Crippen molar-refractivity contribution in [2.45, 2.75) is 6.42 Å². The highest BCUT2D eigenvalue weighted by Crippen LogP contribution is 2.20. The highest BCUT2D eigenvalue weighted by molar-refractivity contribution is 6.35. The second-order valence-corrected chi connectivity index (χ2v) is 4.41. The highest BCUT2D eigenvalue weighted by atomic mass is 35.5. The second kappa shape index (κ2) is 6.64. The van der Waals surface area contributed by atoms with Crippen LogP contribution in [0.15, 0.2) is 30.4 Å². The first-order valence-corrected chi connectivity index (χ1v) is 5.82. The van der Waals surface area contributed by atoms with Gasteiger partial charge in [-0.2, -0.15) is 0 Å². The van der Waals surface area contributed by atoms with E-state index in [1.165, 1.54) is 0 Å². The Morgan fingerprint density at radius 1 is 1.41 bits per heavy atom. The second-order valence-electron chi connectivity index (χ2n) is 3.57. The summed E-state index contributed by atoms with van der Waals surface area (Å²) in [4.78, 5) is 10.5. The lowest BCUT2D eigenvalue weighted by molar-refractivity contribution is -0.132.